The summed E-state index contributed by atoms with van der Waals surface area (Å²) in [5, 5.41) is 14.7. The number of carbonyl (C=O) groups is 3. The lowest BCUT2D eigenvalue weighted by atomic mass is 9.69. The predicted octanol–water partition coefficient (Wildman–Crippen LogP) is 5.03. The van der Waals surface area contributed by atoms with Gasteiger partial charge in [-0.3, -0.25) is 14.4 Å². The van der Waals surface area contributed by atoms with Crippen molar-refractivity contribution < 1.29 is 33.7 Å². The van der Waals surface area contributed by atoms with Crippen LogP contribution in [-0.2, 0) is 9.59 Å². The Morgan fingerprint density at radius 2 is 1.92 bits per heavy atom. The number of fused-ring (bicyclic) bond motifs is 1. The molecule has 0 saturated heterocycles. The van der Waals surface area contributed by atoms with E-state index in [9.17, 15) is 19.5 Å². The molecule has 2 N–H and O–H groups in total. The number of ether oxygens (including phenoxy) is 3. The van der Waals surface area contributed by atoms with E-state index in [1.165, 1.54) is 20.3 Å². The van der Waals surface area contributed by atoms with Gasteiger partial charge < -0.3 is 24.6 Å². The van der Waals surface area contributed by atoms with Gasteiger partial charge in [-0.25, -0.2) is 0 Å². The first kappa shape index (κ1) is 29.2. The summed E-state index contributed by atoms with van der Waals surface area (Å²) in [6, 6.07) is 8.87. The molecule has 4 rings (SSSR count). The largest absolute Gasteiger partial charge is 0.507 e. The summed E-state index contributed by atoms with van der Waals surface area (Å²) >= 11 is 12.2. The fourth-order valence-electron chi connectivity index (χ4n) is 5.21. The number of carbonyl (C=O) groups excluding carboxylic acids is 3. The Hall–Kier alpha value is -2.82. The highest BCUT2D eigenvalue weighted by molar-refractivity contribution is 7.98. The van der Waals surface area contributed by atoms with E-state index >= 15 is 0 Å². The first-order valence-electron chi connectivity index (χ1n) is 12.3. The zero-order valence-electron chi connectivity index (χ0n) is 22.0. The van der Waals surface area contributed by atoms with E-state index in [2.05, 4.69) is 17.9 Å². The molecular weight excluding hydrogens is 562 g/mol. The van der Waals surface area contributed by atoms with Crippen LogP contribution in [0.15, 0.2) is 46.6 Å². The quantitative estimate of drug-likeness (QED) is 0.275. The lowest BCUT2D eigenvalue weighted by molar-refractivity contribution is -0.121. The molecule has 11 heteroatoms. The van der Waals surface area contributed by atoms with Crippen molar-refractivity contribution >= 4 is 53.5 Å². The first-order valence-corrected chi connectivity index (χ1v) is 14.5. The standard InChI is InChI=1S/C28H30ClNO7S2/c1-14-11-18(31)22(17(12-21(32)30-9-10-38)15-5-7-16(39-4)8-6-15)26(33)28(14)27(34)23-19(35-2)13-20(36-3)24(29)25(23)37-28/h5-8,13-14,17,33,38H,9-12H2,1-4H3,(H,30,32). The minimum Gasteiger partial charge on any atom is -0.507 e. The summed E-state index contributed by atoms with van der Waals surface area (Å²) in [5.74, 6) is -2.50. The average Bonchev–Trinajstić information content (AvgIpc) is 3.25. The van der Waals surface area contributed by atoms with Crippen LogP contribution in [0.5, 0.6) is 17.2 Å². The molecule has 1 aliphatic carbocycles. The van der Waals surface area contributed by atoms with Crippen molar-refractivity contribution in [1.29, 1.82) is 0 Å². The van der Waals surface area contributed by atoms with Crippen LogP contribution in [0.4, 0.5) is 0 Å². The number of halogens is 1. The van der Waals surface area contributed by atoms with Gasteiger partial charge in [0.2, 0.25) is 17.3 Å². The highest BCUT2D eigenvalue weighted by Crippen LogP contribution is 2.55. The van der Waals surface area contributed by atoms with Crippen molar-refractivity contribution in [2.45, 2.75) is 36.2 Å². The van der Waals surface area contributed by atoms with Gasteiger partial charge in [-0.15, -0.1) is 11.8 Å². The van der Waals surface area contributed by atoms with Crippen LogP contribution in [0.3, 0.4) is 0 Å². The monoisotopic (exact) mass is 591 g/mol. The number of amides is 1. The van der Waals surface area contributed by atoms with Crippen LogP contribution in [0.25, 0.3) is 0 Å². The van der Waals surface area contributed by atoms with Gasteiger partial charge in [0.15, 0.2) is 17.3 Å². The number of nitrogens with one attached hydrogen (secondary N) is 1. The number of allylic oxidation sites excluding steroid dienone is 1. The van der Waals surface area contributed by atoms with Gasteiger partial charge in [0.05, 0.1) is 14.2 Å². The Labute approximate surface area is 241 Å². The molecule has 208 valence electrons. The molecule has 0 fully saturated rings. The Morgan fingerprint density at radius 3 is 2.51 bits per heavy atom. The summed E-state index contributed by atoms with van der Waals surface area (Å²) in [6.45, 7) is 2.00. The van der Waals surface area contributed by atoms with E-state index in [-0.39, 0.29) is 57.9 Å². The average molecular weight is 592 g/mol. The Morgan fingerprint density at radius 1 is 1.26 bits per heavy atom. The van der Waals surface area contributed by atoms with Gasteiger partial charge >= 0.3 is 0 Å². The molecule has 0 aromatic heterocycles. The molecule has 2 aliphatic rings. The Kier molecular flexibility index (Phi) is 8.78. The third-order valence-corrected chi connectivity index (χ3v) is 8.53. The number of aliphatic hydroxyl groups is 1. The summed E-state index contributed by atoms with van der Waals surface area (Å²) in [4.78, 5) is 41.5. The van der Waals surface area contributed by atoms with Gasteiger partial charge in [-0.05, 0) is 24.0 Å². The van der Waals surface area contributed by atoms with Crippen molar-refractivity contribution in [2.24, 2.45) is 5.92 Å². The predicted molar refractivity (Wildman–Crippen MR) is 153 cm³/mol. The zero-order chi connectivity index (χ0) is 28.5. The minimum absolute atomic E-state index is 0.0114. The molecule has 2 aromatic carbocycles. The number of hydrogen-bond donors (Lipinski definition) is 3. The SMILES string of the molecule is COc1cc(OC)c2c(c1Cl)OC1(C2=O)C(O)=C(C(CC(=O)NCCS)c2ccc(SC)cc2)C(=O)CC1C. The van der Waals surface area contributed by atoms with Crippen LogP contribution >= 0.6 is 36.0 Å². The van der Waals surface area contributed by atoms with E-state index in [0.717, 1.165) is 4.90 Å². The van der Waals surface area contributed by atoms with Crippen molar-refractivity contribution in [3.8, 4) is 17.2 Å². The maximum absolute atomic E-state index is 14.1. The lowest BCUT2D eigenvalue weighted by Crippen LogP contribution is -2.53. The molecule has 1 aliphatic heterocycles. The van der Waals surface area contributed by atoms with Crippen LogP contribution in [0.1, 0.15) is 41.6 Å². The number of Topliss-reactive ketones (excluding diaryl/α,β-unsaturated/α-hetero) is 2. The molecule has 1 amide bonds. The van der Waals surface area contributed by atoms with E-state index < -0.39 is 29.0 Å². The molecule has 0 bridgehead atoms. The summed E-state index contributed by atoms with van der Waals surface area (Å²) in [7, 11) is 2.82. The third kappa shape index (κ3) is 4.98. The third-order valence-electron chi connectivity index (χ3n) is 7.20. The maximum Gasteiger partial charge on any atom is 0.231 e. The van der Waals surface area contributed by atoms with Crippen LogP contribution < -0.4 is 19.5 Å². The smallest absolute Gasteiger partial charge is 0.231 e. The second-order valence-corrected chi connectivity index (χ2v) is 11.1. The summed E-state index contributed by atoms with van der Waals surface area (Å²) in [5.41, 5.74) is -1.25. The topological polar surface area (TPSA) is 111 Å². The molecular formula is C28H30ClNO7S2. The normalized spacial score (nSPS) is 21.0. The Bertz CT molecular complexity index is 1340. The number of thiol groups is 1. The van der Waals surface area contributed by atoms with Crippen LogP contribution in [0.2, 0.25) is 5.02 Å². The van der Waals surface area contributed by atoms with E-state index in [1.807, 2.05) is 30.5 Å². The molecule has 3 unspecified atom stereocenters. The number of hydrogen-bond acceptors (Lipinski definition) is 9. The molecule has 2 aromatic rings. The fraction of sp³-hybridized carbons (Fsp3) is 0.393. The fourth-order valence-corrected chi connectivity index (χ4v) is 6.00. The number of thioether (sulfide) groups is 1. The van der Waals surface area contributed by atoms with Crippen molar-refractivity contribution in [1.82, 2.24) is 5.32 Å². The molecule has 3 atom stereocenters. The highest BCUT2D eigenvalue weighted by Gasteiger charge is 2.61. The molecule has 8 nitrogen and oxygen atoms in total. The second kappa shape index (κ2) is 11.7. The number of rotatable bonds is 9. The van der Waals surface area contributed by atoms with Crippen molar-refractivity contribution in [3.05, 3.63) is 57.8 Å². The first-order chi connectivity index (χ1) is 18.6. The number of ketones is 2. The van der Waals surface area contributed by atoms with E-state index in [0.29, 0.717) is 17.9 Å². The molecule has 0 radical (unpaired) electrons. The van der Waals surface area contributed by atoms with Crippen LogP contribution in [0, 0.1) is 5.92 Å². The minimum atomic E-state index is -1.92. The second-order valence-electron chi connectivity index (χ2n) is 9.36. The molecule has 1 spiro atoms. The molecule has 0 saturated carbocycles. The number of aliphatic hydroxyl groups excluding tert-OH is 1. The summed E-state index contributed by atoms with van der Waals surface area (Å²) in [6.07, 6.45) is 1.73. The van der Waals surface area contributed by atoms with Crippen molar-refractivity contribution in [3.63, 3.8) is 0 Å². The van der Waals surface area contributed by atoms with Gasteiger partial charge in [0, 0.05) is 53.5 Å². The highest BCUT2D eigenvalue weighted by atomic mass is 35.5. The van der Waals surface area contributed by atoms with Gasteiger partial charge in [0.1, 0.15) is 22.1 Å². The van der Waals surface area contributed by atoms with E-state index in [4.69, 9.17) is 25.8 Å². The van der Waals surface area contributed by atoms with E-state index in [1.54, 1.807) is 18.7 Å². The number of methoxy groups -OCH3 is 2. The van der Waals surface area contributed by atoms with Gasteiger partial charge in [-0.2, -0.15) is 12.6 Å². The summed E-state index contributed by atoms with van der Waals surface area (Å²) < 4.78 is 17.0. The molecule has 1 heterocycles. The zero-order valence-corrected chi connectivity index (χ0v) is 24.5. The lowest BCUT2D eigenvalue weighted by Gasteiger charge is -2.38. The van der Waals surface area contributed by atoms with Gasteiger partial charge in [0.25, 0.3) is 0 Å². The number of benzene rings is 2. The van der Waals surface area contributed by atoms with Crippen molar-refractivity contribution in [2.75, 3.05) is 32.8 Å². The van der Waals surface area contributed by atoms with Crippen LogP contribution in [-0.4, -0.2) is 61.0 Å². The molecule has 39 heavy (non-hydrogen) atoms. The maximum atomic E-state index is 14.1. The van der Waals surface area contributed by atoms with Gasteiger partial charge in [-0.1, -0.05) is 30.7 Å². The Balaban J connectivity index is 1.90.